The summed E-state index contributed by atoms with van der Waals surface area (Å²) in [6, 6.07) is 5.96. The average molecular weight is 390 g/mol. The van der Waals surface area contributed by atoms with Gasteiger partial charge in [-0.15, -0.1) is 0 Å². The number of benzene rings is 1. The summed E-state index contributed by atoms with van der Waals surface area (Å²) >= 11 is 0. The lowest BCUT2D eigenvalue weighted by atomic mass is 10.1. The van der Waals surface area contributed by atoms with E-state index in [1.807, 2.05) is 0 Å². The number of ether oxygens (including phenoxy) is 4. The van der Waals surface area contributed by atoms with Crippen LogP contribution in [0, 0.1) is 0 Å². The Hall–Kier alpha value is -3.42. The molecule has 0 amide bonds. The van der Waals surface area contributed by atoms with Gasteiger partial charge in [0.25, 0.3) is 0 Å². The first-order valence-electron chi connectivity index (χ1n) is 8.51. The van der Waals surface area contributed by atoms with Gasteiger partial charge in [0.2, 0.25) is 0 Å². The van der Waals surface area contributed by atoms with Crippen LogP contribution in [-0.2, 0) is 28.5 Å². The van der Waals surface area contributed by atoms with Gasteiger partial charge in [-0.25, -0.2) is 19.2 Å². The van der Waals surface area contributed by atoms with Crippen LogP contribution in [0.25, 0.3) is 0 Å². The Kier molecular flexibility index (Phi) is 10.4. The second kappa shape index (κ2) is 12.9. The van der Waals surface area contributed by atoms with Crippen LogP contribution >= 0.6 is 0 Å². The first-order chi connectivity index (χ1) is 13.5. The molecular formula is C20H22O8. The van der Waals surface area contributed by atoms with Crippen LogP contribution in [0.2, 0.25) is 0 Å². The Morgan fingerprint density at radius 1 is 0.679 bits per heavy atom. The van der Waals surface area contributed by atoms with Crippen LogP contribution in [0.3, 0.4) is 0 Å². The second-order valence-electron chi connectivity index (χ2n) is 5.15. The Morgan fingerprint density at radius 3 is 1.39 bits per heavy atom. The average Bonchev–Trinajstić information content (AvgIpc) is 2.68. The van der Waals surface area contributed by atoms with Crippen LogP contribution in [0.4, 0.5) is 0 Å². The Bertz CT molecular complexity index is 685. The van der Waals surface area contributed by atoms with Gasteiger partial charge >= 0.3 is 23.9 Å². The van der Waals surface area contributed by atoms with Gasteiger partial charge in [0.15, 0.2) is 0 Å². The Morgan fingerprint density at radius 2 is 1.04 bits per heavy atom. The van der Waals surface area contributed by atoms with Crippen molar-refractivity contribution in [1.82, 2.24) is 0 Å². The number of carbonyl (C=O) groups is 4. The summed E-state index contributed by atoms with van der Waals surface area (Å²) in [7, 11) is 0. The second-order valence-corrected chi connectivity index (χ2v) is 5.15. The van der Waals surface area contributed by atoms with Gasteiger partial charge in [-0.3, -0.25) is 0 Å². The van der Waals surface area contributed by atoms with Crippen LogP contribution < -0.4 is 0 Å². The molecule has 0 atom stereocenters. The zero-order chi connectivity index (χ0) is 20.8. The van der Waals surface area contributed by atoms with Crippen molar-refractivity contribution in [2.75, 3.05) is 26.4 Å². The van der Waals surface area contributed by atoms with E-state index in [1.54, 1.807) is 26.0 Å². The van der Waals surface area contributed by atoms with E-state index < -0.39 is 23.9 Å². The van der Waals surface area contributed by atoms with Gasteiger partial charge in [0.05, 0.1) is 11.1 Å². The van der Waals surface area contributed by atoms with Gasteiger partial charge < -0.3 is 18.9 Å². The molecule has 0 bridgehead atoms. The smallest absolute Gasteiger partial charge is 0.339 e. The van der Waals surface area contributed by atoms with E-state index >= 15 is 0 Å². The third-order valence-electron chi connectivity index (χ3n) is 3.09. The number of carbonyl (C=O) groups excluding carboxylic acids is 4. The maximum Gasteiger partial charge on any atom is 0.339 e. The van der Waals surface area contributed by atoms with Gasteiger partial charge in [0.1, 0.15) is 26.4 Å². The molecule has 0 saturated heterocycles. The molecule has 1 rings (SSSR count). The molecule has 0 N–H and O–H groups in total. The highest BCUT2D eigenvalue weighted by molar-refractivity contribution is 6.03. The van der Waals surface area contributed by atoms with Gasteiger partial charge in [0, 0.05) is 12.2 Å². The molecule has 1 aromatic carbocycles. The molecule has 8 nitrogen and oxygen atoms in total. The molecular weight excluding hydrogens is 368 g/mol. The van der Waals surface area contributed by atoms with Crippen molar-refractivity contribution in [2.45, 2.75) is 13.8 Å². The molecule has 0 saturated carbocycles. The Balaban J connectivity index is 2.53. The fourth-order valence-electron chi connectivity index (χ4n) is 1.92. The molecule has 0 unspecified atom stereocenters. The molecule has 150 valence electrons. The van der Waals surface area contributed by atoms with E-state index in [0.29, 0.717) is 0 Å². The number of hydrogen-bond acceptors (Lipinski definition) is 8. The van der Waals surface area contributed by atoms with Gasteiger partial charge in [-0.2, -0.15) is 0 Å². The summed E-state index contributed by atoms with van der Waals surface area (Å²) < 4.78 is 19.6. The molecule has 0 heterocycles. The van der Waals surface area contributed by atoms with Crippen LogP contribution in [-0.4, -0.2) is 50.3 Å². The minimum absolute atomic E-state index is 0.0122. The van der Waals surface area contributed by atoms with E-state index in [0.717, 1.165) is 0 Å². The number of rotatable bonds is 10. The molecule has 0 aliphatic carbocycles. The zero-order valence-electron chi connectivity index (χ0n) is 15.7. The van der Waals surface area contributed by atoms with E-state index in [-0.39, 0.29) is 37.6 Å². The van der Waals surface area contributed by atoms with E-state index in [4.69, 9.17) is 18.9 Å². The maximum absolute atomic E-state index is 12.2. The number of hydrogen-bond donors (Lipinski definition) is 0. The quantitative estimate of drug-likeness (QED) is 0.259. The summed E-state index contributed by atoms with van der Waals surface area (Å²) in [5.74, 6) is -2.60. The van der Waals surface area contributed by atoms with Gasteiger partial charge in [-0.1, -0.05) is 24.3 Å². The highest BCUT2D eigenvalue weighted by atomic mass is 16.6. The zero-order valence-corrected chi connectivity index (χ0v) is 15.7. The molecule has 0 aromatic heterocycles. The van der Waals surface area contributed by atoms with E-state index in [2.05, 4.69) is 0 Å². The van der Waals surface area contributed by atoms with E-state index in [1.165, 1.54) is 36.4 Å². The summed E-state index contributed by atoms with van der Waals surface area (Å²) in [5, 5.41) is 0. The first-order valence-corrected chi connectivity index (χ1v) is 8.51. The van der Waals surface area contributed by atoms with Crippen molar-refractivity contribution in [3.63, 3.8) is 0 Å². The van der Waals surface area contributed by atoms with Crippen molar-refractivity contribution in [3.05, 3.63) is 59.7 Å². The Labute approximate surface area is 162 Å². The fraction of sp³-hybridized carbons (Fsp3) is 0.300. The molecule has 0 aliphatic heterocycles. The summed E-state index contributed by atoms with van der Waals surface area (Å²) in [6.45, 7) is 2.80. The summed E-state index contributed by atoms with van der Waals surface area (Å²) in [6.07, 6.45) is 5.53. The number of esters is 4. The molecule has 0 radical (unpaired) electrons. The topological polar surface area (TPSA) is 105 Å². The highest BCUT2D eigenvalue weighted by Crippen LogP contribution is 2.12. The third-order valence-corrected chi connectivity index (χ3v) is 3.09. The lowest BCUT2D eigenvalue weighted by molar-refractivity contribution is -0.139. The predicted molar refractivity (Wildman–Crippen MR) is 98.6 cm³/mol. The molecule has 8 heteroatoms. The molecule has 0 fully saturated rings. The lowest BCUT2D eigenvalue weighted by Crippen LogP contribution is -2.18. The molecule has 28 heavy (non-hydrogen) atoms. The monoisotopic (exact) mass is 390 g/mol. The third kappa shape index (κ3) is 8.31. The van der Waals surface area contributed by atoms with Gasteiger partial charge in [-0.05, 0) is 26.0 Å². The van der Waals surface area contributed by atoms with Crippen molar-refractivity contribution < 1.29 is 38.1 Å². The summed E-state index contributed by atoms with van der Waals surface area (Å²) in [4.78, 5) is 46.7. The lowest BCUT2D eigenvalue weighted by Gasteiger charge is -2.10. The van der Waals surface area contributed by atoms with Crippen LogP contribution in [0.15, 0.2) is 48.6 Å². The number of allylic oxidation sites excluding steroid dienone is 2. The molecule has 0 spiro atoms. The minimum atomic E-state index is -0.755. The molecule has 0 aliphatic rings. The fourth-order valence-corrected chi connectivity index (χ4v) is 1.92. The summed E-state index contributed by atoms with van der Waals surface area (Å²) in [5.41, 5.74) is 0.0244. The maximum atomic E-state index is 12.2. The molecule has 1 aromatic rings. The van der Waals surface area contributed by atoms with E-state index in [9.17, 15) is 19.2 Å². The highest BCUT2D eigenvalue weighted by Gasteiger charge is 2.19. The first kappa shape index (κ1) is 22.6. The largest absolute Gasteiger partial charge is 0.459 e. The predicted octanol–water partition coefficient (Wildman–Crippen LogP) is 2.24. The van der Waals surface area contributed by atoms with Crippen LogP contribution in [0.1, 0.15) is 34.6 Å². The SMILES string of the molecule is CC=CC(=O)OCCOC(=O)c1ccccc1C(=O)OCCOC(=O)C=CC. The van der Waals surface area contributed by atoms with Crippen molar-refractivity contribution in [3.8, 4) is 0 Å². The van der Waals surface area contributed by atoms with Crippen molar-refractivity contribution in [1.29, 1.82) is 0 Å². The standard InChI is InChI=1S/C20H22O8/c1-3-7-17(21)25-11-13-27-19(23)15-9-5-6-10-16(15)20(24)28-14-12-26-18(22)8-4-2/h3-10H,11-14H2,1-2H3. The van der Waals surface area contributed by atoms with Crippen LogP contribution in [0.5, 0.6) is 0 Å². The van der Waals surface area contributed by atoms with Crippen molar-refractivity contribution in [2.24, 2.45) is 0 Å². The minimum Gasteiger partial charge on any atom is -0.459 e. The normalized spacial score (nSPS) is 10.6. The van der Waals surface area contributed by atoms with Crippen molar-refractivity contribution >= 4 is 23.9 Å².